The van der Waals surface area contributed by atoms with Crippen molar-refractivity contribution in [1.29, 1.82) is 0 Å². The Bertz CT molecular complexity index is 1290. The number of hydrogen-bond donors (Lipinski definition) is 1. The summed E-state index contributed by atoms with van der Waals surface area (Å²) in [5, 5.41) is 7.15. The summed E-state index contributed by atoms with van der Waals surface area (Å²) in [5.74, 6) is -5.98. The lowest BCUT2D eigenvalue weighted by atomic mass is 9.92. The van der Waals surface area contributed by atoms with Crippen LogP contribution in [0.4, 0.5) is 27.8 Å². The quantitative estimate of drug-likeness (QED) is 0.239. The van der Waals surface area contributed by atoms with Crippen molar-refractivity contribution in [3.05, 3.63) is 70.5 Å². The van der Waals surface area contributed by atoms with Crippen molar-refractivity contribution in [2.75, 3.05) is 11.9 Å². The molecule has 8 nitrogen and oxygen atoms in total. The summed E-state index contributed by atoms with van der Waals surface area (Å²) in [7, 11) is 0. The van der Waals surface area contributed by atoms with E-state index in [2.05, 4.69) is 31.2 Å². The topological polar surface area (TPSA) is 107 Å². The summed E-state index contributed by atoms with van der Waals surface area (Å²) in [4.78, 5) is 31.9. The lowest BCUT2D eigenvalue weighted by Gasteiger charge is -2.17. The molecule has 0 radical (unpaired) electrons. The molecule has 0 aliphatic carbocycles. The van der Waals surface area contributed by atoms with Crippen LogP contribution in [0.3, 0.4) is 0 Å². The first-order valence-corrected chi connectivity index (χ1v) is 11.9. The van der Waals surface area contributed by atoms with Gasteiger partial charge in [0.15, 0.2) is 5.82 Å². The molecule has 1 aromatic carbocycles. The number of alkyl halides is 3. The highest BCUT2D eigenvalue weighted by atomic mass is 19.4. The van der Waals surface area contributed by atoms with Gasteiger partial charge >= 0.3 is 18.1 Å². The van der Waals surface area contributed by atoms with E-state index in [0.717, 1.165) is 43.0 Å². The van der Waals surface area contributed by atoms with Crippen molar-refractivity contribution in [3.63, 3.8) is 0 Å². The van der Waals surface area contributed by atoms with Gasteiger partial charge in [-0.3, -0.25) is 4.79 Å². The molecule has 1 aliphatic heterocycles. The second kappa shape index (κ2) is 11.7. The van der Waals surface area contributed by atoms with Gasteiger partial charge < -0.3 is 14.6 Å². The fraction of sp³-hybridized carbons (Fsp3) is 0.400. The van der Waals surface area contributed by atoms with Crippen molar-refractivity contribution in [2.45, 2.75) is 57.0 Å². The summed E-state index contributed by atoms with van der Waals surface area (Å²) in [6.45, 7) is 0.884. The van der Waals surface area contributed by atoms with E-state index in [9.17, 15) is 31.5 Å². The number of esters is 2. The predicted octanol–water partition coefficient (Wildman–Crippen LogP) is 4.62. The van der Waals surface area contributed by atoms with Crippen molar-refractivity contribution < 1.29 is 40.8 Å². The highest BCUT2D eigenvalue weighted by Crippen LogP contribution is 2.27. The molecule has 3 aromatic rings. The molecule has 0 saturated heterocycles. The van der Waals surface area contributed by atoms with Gasteiger partial charge in [-0.15, -0.1) is 0 Å². The molecule has 1 aliphatic rings. The van der Waals surface area contributed by atoms with Crippen LogP contribution >= 0.6 is 0 Å². The van der Waals surface area contributed by atoms with Gasteiger partial charge in [-0.2, -0.15) is 18.2 Å². The fourth-order valence-corrected chi connectivity index (χ4v) is 4.14. The Morgan fingerprint density at radius 1 is 1.08 bits per heavy atom. The van der Waals surface area contributed by atoms with E-state index in [4.69, 9.17) is 4.52 Å². The molecule has 0 bridgehead atoms. The number of hydrogen-bond acceptors (Lipinski definition) is 8. The smallest absolute Gasteiger partial charge is 0.386 e. The van der Waals surface area contributed by atoms with E-state index in [1.165, 1.54) is 5.56 Å². The van der Waals surface area contributed by atoms with Crippen LogP contribution in [0.2, 0.25) is 0 Å². The van der Waals surface area contributed by atoms with Gasteiger partial charge in [-0.1, -0.05) is 11.2 Å². The van der Waals surface area contributed by atoms with Crippen molar-refractivity contribution in [3.8, 4) is 0 Å². The van der Waals surface area contributed by atoms with Crippen LogP contribution in [0.25, 0.3) is 0 Å². The van der Waals surface area contributed by atoms with Gasteiger partial charge in [0, 0.05) is 37.1 Å². The van der Waals surface area contributed by atoms with E-state index in [1.54, 1.807) is 0 Å². The zero-order valence-corrected chi connectivity index (χ0v) is 20.0. The molecule has 0 amide bonds. The molecule has 3 heterocycles. The molecule has 202 valence electrons. The third kappa shape index (κ3) is 7.33. The largest absolute Gasteiger partial charge is 0.491 e. The molecule has 0 spiro atoms. The van der Waals surface area contributed by atoms with Crippen LogP contribution in [0, 0.1) is 11.6 Å². The van der Waals surface area contributed by atoms with Crippen molar-refractivity contribution in [1.82, 2.24) is 15.1 Å². The minimum Gasteiger partial charge on any atom is -0.386 e. The Kier molecular flexibility index (Phi) is 8.32. The summed E-state index contributed by atoms with van der Waals surface area (Å²) in [5.41, 5.74) is 2.04. The number of rotatable bonds is 9. The number of nitrogens with zero attached hydrogens (tertiary/aromatic N) is 3. The molecule has 1 N–H and O–H groups in total. The van der Waals surface area contributed by atoms with Crippen LogP contribution in [0.5, 0.6) is 0 Å². The maximum Gasteiger partial charge on any atom is 0.491 e. The second-order valence-electron chi connectivity index (χ2n) is 8.87. The molecule has 1 unspecified atom stereocenters. The Morgan fingerprint density at radius 2 is 1.84 bits per heavy atom. The SMILES string of the molecule is O=C(CC(Cc1nc(CCCc2ccc3c(n2)NCCC3)no1)c1cc(F)cc(F)c1)OC(=O)C(F)(F)F. The predicted molar refractivity (Wildman–Crippen MR) is 122 cm³/mol. The van der Waals surface area contributed by atoms with E-state index >= 15 is 0 Å². The lowest BCUT2D eigenvalue weighted by Crippen LogP contribution is -2.28. The van der Waals surface area contributed by atoms with E-state index in [1.807, 2.05) is 6.07 Å². The van der Waals surface area contributed by atoms with E-state index in [-0.39, 0.29) is 17.9 Å². The molecule has 38 heavy (non-hydrogen) atoms. The summed E-state index contributed by atoms with van der Waals surface area (Å²) < 4.78 is 73.9. The number of anilines is 1. The van der Waals surface area contributed by atoms with Crippen LogP contribution in [-0.2, 0) is 40.0 Å². The van der Waals surface area contributed by atoms with E-state index < -0.39 is 42.1 Å². The minimum absolute atomic E-state index is 0.000670. The summed E-state index contributed by atoms with van der Waals surface area (Å²) >= 11 is 0. The molecule has 1 atom stereocenters. The maximum absolute atomic E-state index is 13.8. The summed E-state index contributed by atoms with van der Waals surface area (Å²) in [6.07, 6.45) is -2.61. The zero-order chi connectivity index (χ0) is 27.3. The molecule has 13 heteroatoms. The van der Waals surface area contributed by atoms with Gasteiger partial charge in [0.25, 0.3) is 0 Å². The van der Waals surface area contributed by atoms with E-state index in [0.29, 0.717) is 31.2 Å². The third-order valence-electron chi connectivity index (χ3n) is 5.92. The Hall–Kier alpha value is -3.90. The average molecular weight is 538 g/mol. The highest BCUT2D eigenvalue weighted by molar-refractivity contribution is 5.88. The normalized spacial score (nSPS) is 13.9. The number of carbonyl (C=O) groups excluding carboxylic acids is 2. The molecule has 0 fully saturated rings. The summed E-state index contributed by atoms with van der Waals surface area (Å²) in [6, 6.07) is 6.47. The average Bonchev–Trinajstić information content (AvgIpc) is 3.29. The van der Waals surface area contributed by atoms with Crippen LogP contribution in [0.15, 0.2) is 34.9 Å². The maximum atomic E-state index is 13.8. The highest BCUT2D eigenvalue weighted by Gasteiger charge is 2.42. The molecular weight excluding hydrogens is 515 g/mol. The van der Waals surface area contributed by atoms with Crippen LogP contribution < -0.4 is 5.32 Å². The number of nitrogens with one attached hydrogen (secondary N) is 1. The molecule has 2 aromatic heterocycles. The fourth-order valence-electron chi connectivity index (χ4n) is 4.14. The van der Waals surface area contributed by atoms with Crippen molar-refractivity contribution >= 4 is 17.8 Å². The first kappa shape index (κ1) is 27.1. The van der Waals surface area contributed by atoms with Gasteiger partial charge in [-0.05, 0) is 55.0 Å². The number of ether oxygens (including phenoxy) is 1. The number of carbonyl (C=O) groups is 2. The standard InChI is InChI=1S/C25H23F5N4O4/c26-17-9-15(10-18(27)13-17)16(12-22(35)37-24(36)25(28,29)30)11-21-33-20(34-38-21)5-1-4-19-7-6-14-3-2-8-31-23(14)32-19/h6-7,9-10,13,16H,1-5,8,11-12H2,(H,31,32). The number of aryl methyl sites for hydroxylation is 3. The minimum atomic E-state index is -5.37. The lowest BCUT2D eigenvalue weighted by molar-refractivity contribution is -0.202. The van der Waals surface area contributed by atoms with Gasteiger partial charge in [0.2, 0.25) is 5.89 Å². The van der Waals surface area contributed by atoms with Crippen molar-refractivity contribution in [2.24, 2.45) is 0 Å². The third-order valence-corrected chi connectivity index (χ3v) is 5.92. The number of pyridine rings is 1. The molecular formula is C25H23F5N4O4. The van der Waals surface area contributed by atoms with Gasteiger partial charge in [0.05, 0.1) is 6.42 Å². The first-order valence-electron chi connectivity index (χ1n) is 11.9. The number of benzene rings is 1. The Morgan fingerprint density at radius 3 is 2.58 bits per heavy atom. The van der Waals surface area contributed by atoms with Crippen LogP contribution in [0.1, 0.15) is 53.7 Å². The Labute approximate surface area is 213 Å². The zero-order valence-electron chi connectivity index (χ0n) is 20.0. The monoisotopic (exact) mass is 538 g/mol. The first-order chi connectivity index (χ1) is 18.1. The molecule has 4 rings (SSSR count). The van der Waals surface area contributed by atoms with Gasteiger partial charge in [-0.25, -0.2) is 18.6 Å². The van der Waals surface area contributed by atoms with Crippen LogP contribution in [-0.4, -0.2) is 39.8 Å². The number of halogens is 5. The van der Waals surface area contributed by atoms with Gasteiger partial charge in [0.1, 0.15) is 17.5 Å². The number of fused-ring (bicyclic) bond motifs is 1. The molecule has 0 saturated carbocycles. The Balaban J connectivity index is 1.39. The number of aromatic nitrogens is 3. The second-order valence-corrected chi connectivity index (χ2v) is 8.87.